The van der Waals surface area contributed by atoms with Crippen molar-refractivity contribution in [3.05, 3.63) is 23.0 Å². The molecule has 1 aromatic heterocycles. The molecule has 1 rings (SSSR count). The number of nitrogens with one attached hydrogen (secondary N) is 1. The molecule has 1 aromatic rings. The van der Waals surface area contributed by atoms with Crippen LogP contribution < -0.4 is 5.73 Å². The molecule has 0 amide bonds. The summed E-state index contributed by atoms with van der Waals surface area (Å²) in [5.74, 6) is -2.79. The summed E-state index contributed by atoms with van der Waals surface area (Å²) in [6.45, 7) is 3.00. The Bertz CT molecular complexity index is 272. The number of aromatic amines is 1. The van der Waals surface area contributed by atoms with Crippen LogP contribution in [0.5, 0.6) is 0 Å². The van der Waals surface area contributed by atoms with E-state index in [1.54, 1.807) is 13.1 Å². The fourth-order valence-corrected chi connectivity index (χ4v) is 1.29. The van der Waals surface area contributed by atoms with Crippen LogP contribution in [0.25, 0.3) is 0 Å². The minimum Gasteiger partial charge on any atom is -0.365 e. The number of aryl methyl sites for hydroxylation is 2. The maximum absolute atomic E-state index is 12.9. The third-order valence-corrected chi connectivity index (χ3v) is 2.17. The van der Waals surface area contributed by atoms with Gasteiger partial charge >= 0.3 is 0 Å². The van der Waals surface area contributed by atoms with Gasteiger partial charge in [-0.25, -0.2) is 8.78 Å². The van der Waals surface area contributed by atoms with Gasteiger partial charge in [0.05, 0.1) is 6.54 Å². The zero-order valence-corrected chi connectivity index (χ0v) is 7.82. The Labute approximate surface area is 76.1 Å². The molecule has 0 fully saturated rings. The zero-order chi connectivity index (χ0) is 10.1. The Kier molecular flexibility index (Phi) is 2.71. The number of aromatic nitrogens is 1. The molecule has 0 saturated heterocycles. The number of hydrogen-bond donors (Lipinski definition) is 2. The SMILES string of the molecule is Cc1c[nH]c(C)c1CC(F)(F)CN. The summed E-state index contributed by atoms with van der Waals surface area (Å²) in [5, 5.41) is 0. The molecule has 0 aliphatic carbocycles. The van der Waals surface area contributed by atoms with Gasteiger partial charge in [0.15, 0.2) is 0 Å². The van der Waals surface area contributed by atoms with Crippen LogP contribution in [0.3, 0.4) is 0 Å². The minimum atomic E-state index is -2.79. The van der Waals surface area contributed by atoms with Crippen molar-refractivity contribution in [2.45, 2.75) is 26.2 Å². The van der Waals surface area contributed by atoms with E-state index >= 15 is 0 Å². The van der Waals surface area contributed by atoms with Crippen molar-refractivity contribution in [1.29, 1.82) is 0 Å². The summed E-state index contributed by atoms with van der Waals surface area (Å²) in [7, 11) is 0. The smallest absolute Gasteiger partial charge is 0.264 e. The number of rotatable bonds is 3. The molecule has 0 aromatic carbocycles. The van der Waals surface area contributed by atoms with Gasteiger partial charge in [0.2, 0.25) is 0 Å². The molecule has 3 N–H and O–H groups in total. The Hall–Kier alpha value is -0.900. The maximum atomic E-state index is 12.9. The number of hydrogen-bond acceptors (Lipinski definition) is 1. The second-order valence-electron chi connectivity index (χ2n) is 3.31. The molecular formula is C9H14F2N2. The lowest BCUT2D eigenvalue weighted by Gasteiger charge is -2.14. The highest BCUT2D eigenvalue weighted by atomic mass is 19.3. The van der Waals surface area contributed by atoms with Gasteiger partial charge in [-0.15, -0.1) is 0 Å². The van der Waals surface area contributed by atoms with E-state index in [0.29, 0.717) is 5.56 Å². The second kappa shape index (κ2) is 3.46. The average Bonchev–Trinajstić information content (AvgIpc) is 2.36. The van der Waals surface area contributed by atoms with Crippen molar-refractivity contribution in [3.63, 3.8) is 0 Å². The van der Waals surface area contributed by atoms with Crippen LogP contribution in [0, 0.1) is 13.8 Å². The molecule has 0 bridgehead atoms. The molecule has 2 nitrogen and oxygen atoms in total. The van der Waals surface area contributed by atoms with Crippen molar-refractivity contribution < 1.29 is 8.78 Å². The first-order valence-corrected chi connectivity index (χ1v) is 4.17. The summed E-state index contributed by atoms with van der Waals surface area (Å²) >= 11 is 0. The third kappa shape index (κ3) is 2.28. The average molecular weight is 188 g/mol. The minimum absolute atomic E-state index is 0.273. The van der Waals surface area contributed by atoms with E-state index < -0.39 is 12.5 Å². The van der Waals surface area contributed by atoms with Crippen molar-refractivity contribution in [1.82, 2.24) is 4.98 Å². The number of halogens is 2. The van der Waals surface area contributed by atoms with Gasteiger partial charge in [-0.1, -0.05) is 0 Å². The summed E-state index contributed by atoms with van der Waals surface area (Å²) in [5.41, 5.74) is 7.30. The van der Waals surface area contributed by atoms with E-state index in [2.05, 4.69) is 4.98 Å². The van der Waals surface area contributed by atoms with E-state index in [1.165, 1.54) is 0 Å². The van der Waals surface area contributed by atoms with E-state index in [-0.39, 0.29) is 6.42 Å². The van der Waals surface area contributed by atoms with Crippen LogP contribution in [0.4, 0.5) is 8.78 Å². The highest BCUT2D eigenvalue weighted by Crippen LogP contribution is 2.23. The molecule has 0 radical (unpaired) electrons. The Balaban J connectivity index is 2.85. The molecule has 0 aliphatic rings. The number of alkyl halides is 2. The molecule has 0 atom stereocenters. The van der Waals surface area contributed by atoms with E-state index in [9.17, 15) is 8.78 Å². The lowest BCUT2D eigenvalue weighted by atomic mass is 10.0. The molecule has 0 saturated carbocycles. The highest BCUT2D eigenvalue weighted by Gasteiger charge is 2.28. The van der Waals surface area contributed by atoms with Crippen LogP contribution >= 0.6 is 0 Å². The summed E-state index contributed by atoms with van der Waals surface area (Å²) in [6.07, 6.45) is 1.46. The van der Waals surface area contributed by atoms with Gasteiger partial charge in [-0.05, 0) is 25.0 Å². The molecule has 0 spiro atoms. The van der Waals surface area contributed by atoms with Gasteiger partial charge < -0.3 is 10.7 Å². The quantitative estimate of drug-likeness (QED) is 0.745. The molecule has 74 valence electrons. The standard InChI is InChI=1S/C9H14F2N2/c1-6-4-13-7(2)8(6)3-9(10,11)5-12/h4,13H,3,5,12H2,1-2H3. The topological polar surface area (TPSA) is 41.8 Å². The van der Waals surface area contributed by atoms with Crippen molar-refractivity contribution in [2.24, 2.45) is 5.73 Å². The van der Waals surface area contributed by atoms with Crippen molar-refractivity contribution in [3.8, 4) is 0 Å². The van der Waals surface area contributed by atoms with Crippen LogP contribution in [-0.2, 0) is 6.42 Å². The number of H-pyrrole nitrogens is 1. The van der Waals surface area contributed by atoms with Gasteiger partial charge in [-0.2, -0.15) is 0 Å². The van der Waals surface area contributed by atoms with E-state index in [0.717, 1.165) is 11.3 Å². The number of nitrogens with two attached hydrogens (primary N) is 1. The largest absolute Gasteiger partial charge is 0.365 e. The normalized spacial score (nSPS) is 12.1. The van der Waals surface area contributed by atoms with Crippen LogP contribution in [-0.4, -0.2) is 17.5 Å². The second-order valence-corrected chi connectivity index (χ2v) is 3.31. The van der Waals surface area contributed by atoms with Crippen LogP contribution in [0.2, 0.25) is 0 Å². The molecule has 1 heterocycles. The third-order valence-electron chi connectivity index (χ3n) is 2.17. The van der Waals surface area contributed by atoms with Crippen molar-refractivity contribution >= 4 is 0 Å². The maximum Gasteiger partial charge on any atom is 0.264 e. The zero-order valence-electron chi connectivity index (χ0n) is 7.82. The Morgan fingerprint density at radius 2 is 2.08 bits per heavy atom. The highest BCUT2D eigenvalue weighted by molar-refractivity contribution is 5.30. The lowest BCUT2D eigenvalue weighted by molar-refractivity contribution is 0.0112. The van der Waals surface area contributed by atoms with Gasteiger partial charge in [0.25, 0.3) is 5.92 Å². The molecule has 0 aliphatic heterocycles. The van der Waals surface area contributed by atoms with E-state index in [4.69, 9.17) is 5.73 Å². The summed E-state index contributed by atoms with van der Waals surface area (Å²) < 4.78 is 25.9. The van der Waals surface area contributed by atoms with Crippen molar-refractivity contribution in [2.75, 3.05) is 6.54 Å². The van der Waals surface area contributed by atoms with Gasteiger partial charge in [-0.3, -0.25) is 0 Å². The lowest BCUT2D eigenvalue weighted by Crippen LogP contribution is -2.30. The van der Waals surface area contributed by atoms with E-state index in [1.807, 2.05) is 6.92 Å². The molecule has 4 heteroatoms. The van der Waals surface area contributed by atoms with Crippen LogP contribution in [0.1, 0.15) is 16.8 Å². The summed E-state index contributed by atoms with van der Waals surface area (Å²) in [6, 6.07) is 0. The first-order chi connectivity index (χ1) is 5.96. The summed E-state index contributed by atoms with van der Waals surface area (Å²) in [4.78, 5) is 2.91. The first-order valence-electron chi connectivity index (χ1n) is 4.17. The predicted molar refractivity (Wildman–Crippen MR) is 48.0 cm³/mol. The fraction of sp³-hybridized carbons (Fsp3) is 0.556. The Morgan fingerprint density at radius 1 is 1.46 bits per heavy atom. The Morgan fingerprint density at radius 3 is 2.46 bits per heavy atom. The predicted octanol–water partition coefficient (Wildman–Crippen LogP) is 1.77. The molecule has 0 unspecified atom stereocenters. The van der Waals surface area contributed by atoms with Crippen LogP contribution in [0.15, 0.2) is 6.20 Å². The van der Waals surface area contributed by atoms with Gasteiger partial charge in [0, 0.05) is 18.3 Å². The van der Waals surface area contributed by atoms with Gasteiger partial charge in [0.1, 0.15) is 0 Å². The first kappa shape index (κ1) is 10.2. The molecular weight excluding hydrogens is 174 g/mol. The fourth-order valence-electron chi connectivity index (χ4n) is 1.29. The monoisotopic (exact) mass is 188 g/mol. The molecule has 13 heavy (non-hydrogen) atoms.